The minimum absolute atomic E-state index is 0.0838. The van der Waals surface area contributed by atoms with E-state index in [0.717, 1.165) is 22.2 Å². The topological polar surface area (TPSA) is 73.0 Å². The highest BCUT2D eigenvalue weighted by atomic mass is 16.6. The molecule has 0 aliphatic heterocycles. The molecule has 106 valence electrons. The van der Waals surface area contributed by atoms with Gasteiger partial charge in [0.25, 0.3) is 5.69 Å². The van der Waals surface area contributed by atoms with Gasteiger partial charge in [-0.25, -0.2) is 0 Å². The Morgan fingerprint density at radius 3 is 2.86 bits per heavy atom. The zero-order valence-electron chi connectivity index (χ0n) is 11.5. The molecule has 0 fully saturated rings. The number of benzene rings is 2. The average molecular weight is 282 g/mol. The van der Waals surface area contributed by atoms with Crippen LogP contribution in [0.5, 0.6) is 0 Å². The molecular weight excluding hydrogens is 268 g/mol. The molecule has 1 N–H and O–H groups in total. The van der Waals surface area contributed by atoms with E-state index in [-0.39, 0.29) is 10.6 Å². The fourth-order valence-corrected chi connectivity index (χ4v) is 2.38. The molecule has 0 amide bonds. The van der Waals surface area contributed by atoms with Crippen molar-refractivity contribution in [2.75, 3.05) is 12.4 Å². The summed E-state index contributed by atoms with van der Waals surface area (Å²) in [5.41, 5.74) is 2.78. The van der Waals surface area contributed by atoms with Crippen LogP contribution >= 0.6 is 0 Å². The van der Waals surface area contributed by atoms with Gasteiger partial charge in [-0.3, -0.25) is 14.8 Å². The molecule has 1 heterocycles. The lowest BCUT2D eigenvalue weighted by Gasteiger charge is -2.10. The van der Waals surface area contributed by atoms with Gasteiger partial charge < -0.3 is 5.32 Å². The molecule has 0 radical (unpaired) electrons. The summed E-state index contributed by atoms with van der Waals surface area (Å²) in [7, 11) is 1.80. The standard InChI is InChI=1S/C15H14N4O2/c1-16-14-7-6-13(19(20)21)8-12(14)10-18-15-5-3-2-4-11(15)9-17-18/h2-9,16H,10H2,1H3. The minimum atomic E-state index is -0.385. The number of nitrogens with zero attached hydrogens (tertiary/aromatic N) is 3. The van der Waals surface area contributed by atoms with Gasteiger partial charge in [0.15, 0.2) is 0 Å². The summed E-state index contributed by atoms with van der Waals surface area (Å²) in [6.45, 7) is 0.478. The second-order valence-electron chi connectivity index (χ2n) is 4.71. The number of anilines is 1. The van der Waals surface area contributed by atoms with Gasteiger partial charge in [0.1, 0.15) is 0 Å². The van der Waals surface area contributed by atoms with Crippen molar-refractivity contribution in [1.82, 2.24) is 9.78 Å². The van der Waals surface area contributed by atoms with E-state index in [2.05, 4.69) is 10.4 Å². The van der Waals surface area contributed by atoms with Crippen LogP contribution in [0.1, 0.15) is 5.56 Å². The third-order valence-electron chi connectivity index (χ3n) is 3.44. The van der Waals surface area contributed by atoms with Crippen molar-refractivity contribution in [3.63, 3.8) is 0 Å². The van der Waals surface area contributed by atoms with Crippen molar-refractivity contribution in [3.8, 4) is 0 Å². The Balaban J connectivity index is 2.04. The maximum absolute atomic E-state index is 10.9. The summed E-state index contributed by atoms with van der Waals surface area (Å²) in [5.74, 6) is 0. The van der Waals surface area contributed by atoms with Gasteiger partial charge in [-0.15, -0.1) is 0 Å². The number of nitrogens with one attached hydrogen (secondary N) is 1. The quantitative estimate of drug-likeness (QED) is 0.589. The number of fused-ring (bicyclic) bond motifs is 1. The van der Waals surface area contributed by atoms with Crippen molar-refractivity contribution in [1.29, 1.82) is 0 Å². The van der Waals surface area contributed by atoms with E-state index in [4.69, 9.17) is 0 Å². The molecule has 0 spiro atoms. The Hall–Kier alpha value is -2.89. The molecule has 6 nitrogen and oxygen atoms in total. The molecule has 1 aromatic heterocycles. The van der Waals surface area contributed by atoms with E-state index in [1.54, 1.807) is 25.4 Å². The van der Waals surface area contributed by atoms with Crippen LogP contribution in [0.25, 0.3) is 10.9 Å². The smallest absolute Gasteiger partial charge is 0.269 e. The fraction of sp³-hybridized carbons (Fsp3) is 0.133. The van der Waals surface area contributed by atoms with Crippen molar-refractivity contribution in [2.24, 2.45) is 0 Å². The number of rotatable bonds is 4. The second-order valence-corrected chi connectivity index (χ2v) is 4.71. The van der Waals surface area contributed by atoms with Crippen molar-refractivity contribution in [3.05, 3.63) is 64.3 Å². The van der Waals surface area contributed by atoms with Gasteiger partial charge >= 0.3 is 0 Å². The maximum Gasteiger partial charge on any atom is 0.269 e. The third-order valence-corrected chi connectivity index (χ3v) is 3.44. The molecule has 0 saturated heterocycles. The van der Waals surface area contributed by atoms with Gasteiger partial charge in [-0.05, 0) is 12.1 Å². The predicted molar refractivity (Wildman–Crippen MR) is 81.5 cm³/mol. The van der Waals surface area contributed by atoms with E-state index in [1.165, 1.54) is 6.07 Å². The van der Waals surface area contributed by atoms with Gasteiger partial charge in [0.05, 0.1) is 23.2 Å². The number of para-hydroxylation sites is 1. The van der Waals surface area contributed by atoms with Crippen LogP contribution in [-0.2, 0) is 6.54 Å². The van der Waals surface area contributed by atoms with Crippen molar-refractivity contribution >= 4 is 22.3 Å². The molecule has 0 unspecified atom stereocenters. The fourth-order valence-electron chi connectivity index (χ4n) is 2.38. The summed E-state index contributed by atoms with van der Waals surface area (Å²) < 4.78 is 1.84. The largest absolute Gasteiger partial charge is 0.388 e. The zero-order chi connectivity index (χ0) is 14.8. The van der Waals surface area contributed by atoms with Gasteiger partial charge in [0.2, 0.25) is 0 Å². The Labute approximate surface area is 121 Å². The maximum atomic E-state index is 10.9. The Kier molecular flexibility index (Phi) is 3.27. The highest BCUT2D eigenvalue weighted by molar-refractivity contribution is 5.78. The second kappa shape index (κ2) is 5.24. The first kappa shape index (κ1) is 13.1. The van der Waals surface area contributed by atoms with Crippen LogP contribution in [0.15, 0.2) is 48.7 Å². The first-order chi connectivity index (χ1) is 10.2. The van der Waals surface area contributed by atoms with Crippen LogP contribution in [0.4, 0.5) is 11.4 Å². The summed E-state index contributed by atoms with van der Waals surface area (Å²) >= 11 is 0. The number of hydrogen-bond acceptors (Lipinski definition) is 4. The molecular formula is C15H14N4O2. The van der Waals surface area contributed by atoms with E-state index in [0.29, 0.717) is 6.54 Å². The summed E-state index contributed by atoms with van der Waals surface area (Å²) in [6.07, 6.45) is 1.80. The number of nitro groups is 1. The number of aromatic nitrogens is 2. The van der Waals surface area contributed by atoms with Crippen LogP contribution in [0, 0.1) is 10.1 Å². The molecule has 0 atom stereocenters. The van der Waals surface area contributed by atoms with Gasteiger partial charge in [-0.2, -0.15) is 5.10 Å². The lowest BCUT2D eigenvalue weighted by atomic mass is 10.1. The third kappa shape index (κ3) is 2.43. The average Bonchev–Trinajstić information content (AvgIpc) is 2.90. The summed E-state index contributed by atoms with van der Waals surface area (Å²) in [6, 6.07) is 12.7. The lowest BCUT2D eigenvalue weighted by molar-refractivity contribution is -0.384. The highest BCUT2D eigenvalue weighted by Gasteiger charge is 2.12. The molecule has 2 aromatic carbocycles. The lowest BCUT2D eigenvalue weighted by Crippen LogP contribution is -2.05. The Bertz CT molecular complexity index is 810. The Morgan fingerprint density at radius 2 is 2.10 bits per heavy atom. The van der Waals surface area contributed by atoms with E-state index >= 15 is 0 Å². The van der Waals surface area contributed by atoms with Gasteiger partial charge in [-0.1, -0.05) is 18.2 Å². The first-order valence-corrected chi connectivity index (χ1v) is 6.54. The van der Waals surface area contributed by atoms with E-state index in [9.17, 15) is 10.1 Å². The number of non-ortho nitro benzene ring substituents is 1. The highest BCUT2D eigenvalue weighted by Crippen LogP contribution is 2.24. The molecule has 3 aromatic rings. The van der Waals surface area contributed by atoms with Crippen LogP contribution in [-0.4, -0.2) is 21.8 Å². The first-order valence-electron chi connectivity index (χ1n) is 6.54. The summed E-state index contributed by atoms with van der Waals surface area (Å²) in [5, 5.41) is 19.4. The molecule has 0 aliphatic carbocycles. The van der Waals surface area contributed by atoms with Crippen LogP contribution < -0.4 is 5.32 Å². The number of hydrogen-bond donors (Lipinski definition) is 1. The molecule has 0 aliphatic rings. The molecule has 6 heteroatoms. The van der Waals surface area contributed by atoms with Gasteiger partial charge in [0, 0.05) is 35.8 Å². The molecule has 0 bridgehead atoms. The van der Waals surface area contributed by atoms with Crippen LogP contribution in [0.3, 0.4) is 0 Å². The monoisotopic (exact) mass is 282 g/mol. The van der Waals surface area contributed by atoms with E-state index < -0.39 is 0 Å². The normalized spacial score (nSPS) is 10.7. The van der Waals surface area contributed by atoms with Crippen molar-refractivity contribution in [2.45, 2.75) is 6.54 Å². The molecule has 3 rings (SSSR count). The number of nitro benzene ring substituents is 1. The van der Waals surface area contributed by atoms with E-state index in [1.807, 2.05) is 28.9 Å². The summed E-state index contributed by atoms with van der Waals surface area (Å²) in [4.78, 5) is 10.5. The zero-order valence-corrected chi connectivity index (χ0v) is 11.5. The minimum Gasteiger partial charge on any atom is -0.388 e. The SMILES string of the molecule is CNc1ccc([N+](=O)[O-])cc1Cn1ncc2ccccc21. The molecule has 21 heavy (non-hydrogen) atoms. The molecule has 0 saturated carbocycles. The van der Waals surface area contributed by atoms with Crippen LogP contribution in [0.2, 0.25) is 0 Å². The predicted octanol–water partition coefficient (Wildman–Crippen LogP) is 3.03. The Morgan fingerprint density at radius 1 is 1.29 bits per heavy atom. The van der Waals surface area contributed by atoms with Crippen molar-refractivity contribution < 1.29 is 4.92 Å².